The van der Waals surface area contributed by atoms with Gasteiger partial charge >= 0.3 is 0 Å². The van der Waals surface area contributed by atoms with Crippen molar-refractivity contribution in [3.8, 4) is 0 Å². The Balaban J connectivity index is 2.66. The van der Waals surface area contributed by atoms with E-state index >= 15 is 0 Å². The summed E-state index contributed by atoms with van der Waals surface area (Å²) in [6, 6.07) is 0. The summed E-state index contributed by atoms with van der Waals surface area (Å²) in [6.45, 7) is 1.81. The quantitative estimate of drug-likeness (QED) is 0.697. The average Bonchev–Trinajstić information content (AvgIpc) is 2.14. The number of aryl methyl sites for hydroxylation is 1. The highest BCUT2D eigenvalue weighted by Gasteiger charge is 2.12. The van der Waals surface area contributed by atoms with Crippen LogP contribution < -0.4 is 0 Å². The van der Waals surface area contributed by atoms with Crippen molar-refractivity contribution in [3.63, 3.8) is 0 Å². The smallest absolute Gasteiger partial charge is 0.201 e. The Kier molecular flexibility index (Phi) is 3.52. The molecule has 1 heterocycles. The SMILES string of the molecule is Cc1cnc(C(=O)CCS(C)(=O)=O)nc1. The third-order valence-corrected chi connectivity index (χ3v) is 2.68. The van der Waals surface area contributed by atoms with Gasteiger partial charge in [0, 0.05) is 25.1 Å². The maximum absolute atomic E-state index is 11.4. The highest BCUT2D eigenvalue weighted by Crippen LogP contribution is 1.99. The molecule has 0 saturated heterocycles. The number of carbonyl (C=O) groups is 1. The highest BCUT2D eigenvalue weighted by atomic mass is 32.2. The van der Waals surface area contributed by atoms with Crippen LogP contribution in [0.5, 0.6) is 0 Å². The van der Waals surface area contributed by atoms with Gasteiger partial charge < -0.3 is 0 Å². The molecule has 0 aliphatic carbocycles. The van der Waals surface area contributed by atoms with Gasteiger partial charge in [-0.3, -0.25) is 4.79 Å². The predicted octanol–water partition coefficient (Wildman–Crippen LogP) is 0.402. The number of ketones is 1. The first-order valence-corrected chi connectivity index (χ1v) is 6.44. The minimum atomic E-state index is -3.11. The first-order valence-electron chi connectivity index (χ1n) is 4.38. The van der Waals surface area contributed by atoms with Gasteiger partial charge in [0.15, 0.2) is 5.82 Å². The van der Waals surface area contributed by atoms with E-state index in [1.807, 2.05) is 6.92 Å². The van der Waals surface area contributed by atoms with Crippen molar-refractivity contribution in [3.05, 3.63) is 23.8 Å². The molecule has 1 aromatic heterocycles. The minimum absolute atomic E-state index is 0.0676. The van der Waals surface area contributed by atoms with E-state index in [1.165, 1.54) is 12.4 Å². The molecule has 0 N–H and O–H groups in total. The first-order chi connectivity index (χ1) is 6.88. The normalized spacial score (nSPS) is 11.3. The third kappa shape index (κ3) is 4.16. The number of rotatable bonds is 4. The molecule has 0 spiro atoms. The first kappa shape index (κ1) is 11.8. The van der Waals surface area contributed by atoms with Gasteiger partial charge in [-0.1, -0.05) is 0 Å². The van der Waals surface area contributed by atoms with Crippen molar-refractivity contribution >= 4 is 15.6 Å². The van der Waals surface area contributed by atoms with Crippen LogP contribution in [0.4, 0.5) is 0 Å². The molecule has 0 aliphatic rings. The number of hydrogen-bond acceptors (Lipinski definition) is 5. The Hall–Kier alpha value is -1.30. The fourth-order valence-corrected chi connectivity index (χ4v) is 1.48. The summed E-state index contributed by atoms with van der Waals surface area (Å²) in [5.41, 5.74) is 0.856. The maximum Gasteiger partial charge on any atom is 0.201 e. The Morgan fingerprint density at radius 2 is 1.87 bits per heavy atom. The topological polar surface area (TPSA) is 77.0 Å². The van der Waals surface area contributed by atoms with Crippen molar-refractivity contribution in [2.24, 2.45) is 0 Å². The second-order valence-electron chi connectivity index (χ2n) is 3.39. The lowest BCUT2D eigenvalue weighted by molar-refractivity contribution is 0.0978. The van der Waals surface area contributed by atoms with Crippen molar-refractivity contribution in [2.45, 2.75) is 13.3 Å². The standard InChI is InChI=1S/C9H12N2O3S/c1-7-5-10-9(11-6-7)8(12)3-4-15(2,13)14/h5-6H,3-4H2,1-2H3. The maximum atomic E-state index is 11.4. The molecule has 5 nitrogen and oxygen atoms in total. The van der Waals surface area contributed by atoms with E-state index in [1.54, 1.807) is 0 Å². The van der Waals surface area contributed by atoms with E-state index in [9.17, 15) is 13.2 Å². The molecule has 0 unspecified atom stereocenters. The molecule has 0 bridgehead atoms. The molecule has 0 saturated carbocycles. The highest BCUT2D eigenvalue weighted by molar-refractivity contribution is 7.90. The summed E-state index contributed by atoms with van der Waals surface area (Å²) < 4.78 is 21.7. The molecule has 0 atom stereocenters. The van der Waals surface area contributed by atoms with Gasteiger partial charge in [-0.25, -0.2) is 18.4 Å². The van der Waals surface area contributed by atoms with Crippen LogP contribution in [0.15, 0.2) is 12.4 Å². The summed E-state index contributed by atoms with van der Waals surface area (Å²) in [5, 5.41) is 0. The van der Waals surface area contributed by atoms with Gasteiger partial charge in [-0.15, -0.1) is 0 Å². The molecule has 15 heavy (non-hydrogen) atoms. The largest absolute Gasteiger partial charge is 0.291 e. The molecular weight excluding hydrogens is 216 g/mol. The van der Waals surface area contributed by atoms with Crippen LogP contribution in [-0.2, 0) is 9.84 Å². The van der Waals surface area contributed by atoms with E-state index < -0.39 is 9.84 Å². The van der Waals surface area contributed by atoms with Gasteiger partial charge in [0.25, 0.3) is 0 Å². The van der Waals surface area contributed by atoms with Crippen molar-refractivity contribution < 1.29 is 13.2 Å². The third-order valence-electron chi connectivity index (χ3n) is 1.73. The molecule has 0 amide bonds. The van der Waals surface area contributed by atoms with E-state index in [0.29, 0.717) is 0 Å². The summed E-state index contributed by atoms with van der Waals surface area (Å²) in [7, 11) is -3.11. The summed E-state index contributed by atoms with van der Waals surface area (Å²) in [5.74, 6) is -0.437. The number of carbonyl (C=O) groups excluding carboxylic acids is 1. The van der Waals surface area contributed by atoms with Crippen molar-refractivity contribution in [2.75, 3.05) is 12.0 Å². The summed E-state index contributed by atoms with van der Waals surface area (Å²) >= 11 is 0. The van der Waals surface area contributed by atoms with Gasteiger partial charge in [0.1, 0.15) is 9.84 Å². The molecule has 0 aromatic carbocycles. The number of aromatic nitrogens is 2. The van der Waals surface area contributed by atoms with Crippen LogP contribution in [0.1, 0.15) is 22.6 Å². The molecule has 82 valence electrons. The van der Waals surface area contributed by atoms with E-state index in [0.717, 1.165) is 11.8 Å². The van der Waals surface area contributed by atoms with Gasteiger partial charge in [0.05, 0.1) is 5.75 Å². The average molecular weight is 228 g/mol. The van der Waals surface area contributed by atoms with Crippen molar-refractivity contribution in [1.82, 2.24) is 9.97 Å². The second kappa shape index (κ2) is 4.48. The monoisotopic (exact) mass is 228 g/mol. The van der Waals surface area contributed by atoms with Crippen molar-refractivity contribution in [1.29, 1.82) is 0 Å². The van der Waals surface area contributed by atoms with Crippen LogP contribution in [-0.4, -0.2) is 36.2 Å². The molecule has 1 rings (SSSR count). The summed E-state index contributed by atoms with van der Waals surface area (Å²) in [4.78, 5) is 19.1. The Bertz CT molecular complexity index is 451. The van der Waals surface area contributed by atoms with Crippen LogP contribution in [0.2, 0.25) is 0 Å². The van der Waals surface area contributed by atoms with Crippen LogP contribution in [0.25, 0.3) is 0 Å². The Morgan fingerprint density at radius 1 is 1.33 bits per heavy atom. The molecule has 1 aromatic rings. The molecule has 6 heteroatoms. The molecule has 0 fully saturated rings. The zero-order valence-electron chi connectivity index (χ0n) is 8.60. The lowest BCUT2D eigenvalue weighted by Crippen LogP contribution is -2.12. The zero-order valence-corrected chi connectivity index (χ0v) is 9.41. The zero-order chi connectivity index (χ0) is 11.5. The molecular formula is C9H12N2O3S. The Morgan fingerprint density at radius 3 is 2.33 bits per heavy atom. The van der Waals surface area contributed by atoms with Gasteiger partial charge in [-0.05, 0) is 12.5 Å². The lowest BCUT2D eigenvalue weighted by Gasteiger charge is -1.98. The van der Waals surface area contributed by atoms with Gasteiger partial charge in [-0.2, -0.15) is 0 Å². The Labute approximate surface area is 88.5 Å². The second-order valence-corrected chi connectivity index (χ2v) is 5.65. The van der Waals surface area contributed by atoms with E-state index in [2.05, 4.69) is 9.97 Å². The number of nitrogens with zero attached hydrogens (tertiary/aromatic N) is 2. The van der Waals surface area contributed by atoms with Crippen LogP contribution in [0, 0.1) is 6.92 Å². The van der Waals surface area contributed by atoms with Crippen LogP contribution >= 0.6 is 0 Å². The van der Waals surface area contributed by atoms with Gasteiger partial charge in [0.2, 0.25) is 5.78 Å². The fourth-order valence-electron chi connectivity index (χ4n) is 0.926. The minimum Gasteiger partial charge on any atom is -0.291 e. The molecule has 0 radical (unpaired) electrons. The summed E-state index contributed by atoms with van der Waals surface area (Å²) in [6.07, 6.45) is 4.08. The fraction of sp³-hybridized carbons (Fsp3) is 0.444. The van der Waals surface area contributed by atoms with E-state index in [-0.39, 0.29) is 23.8 Å². The number of Topliss-reactive ketones (excluding diaryl/α,β-unsaturated/α-hetero) is 1. The number of sulfone groups is 1. The van der Waals surface area contributed by atoms with E-state index in [4.69, 9.17) is 0 Å². The van der Waals surface area contributed by atoms with Crippen LogP contribution in [0.3, 0.4) is 0 Å². The predicted molar refractivity (Wildman–Crippen MR) is 55.4 cm³/mol. The molecule has 0 aliphatic heterocycles. The lowest BCUT2D eigenvalue weighted by atomic mass is 10.3. The number of hydrogen-bond donors (Lipinski definition) is 0.